The van der Waals surface area contributed by atoms with Crippen LogP contribution in [0.4, 0.5) is 0 Å². The number of nitrogens with zero attached hydrogens (tertiary/aromatic N) is 8. The van der Waals surface area contributed by atoms with Gasteiger partial charge in [-0.05, 0) is 113 Å². The van der Waals surface area contributed by atoms with Crippen molar-refractivity contribution in [2.24, 2.45) is 0 Å². The molecule has 0 amide bonds. The van der Waals surface area contributed by atoms with Crippen LogP contribution in [-0.4, -0.2) is 59.7 Å². The van der Waals surface area contributed by atoms with Gasteiger partial charge in [0.1, 0.15) is 15.5 Å². The number of ether oxygens (including phenoxy) is 2. The summed E-state index contributed by atoms with van der Waals surface area (Å²) in [7, 11) is 3.33. The van der Waals surface area contributed by atoms with Crippen molar-refractivity contribution >= 4 is 66.4 Å². The van der Waals surface area contributed by atoms with Gasteiger partial charge < -0.3 is 14.6 Å². The van der Waals surface area contributed by atoms with Crippen LogP contribution in [0.25, 0.3) is 45.0 Å². The van der Waals surface area contributed by atoms with Crippen LogP contribution < -0.4 is 9.47 Å². The first kappa shape index (κ1) is 44.9. The number of rotatable bonds is 12. The van der Waals surface area contributed by atoms with Crippen LogP contribution >= 0.6 is 66.4 Å². The molecule has 0 spiro atoms. The van der Waals surface area contributed by atoms with Crippen molar-refractivity contribution in [3.8, 4) is 56.5 Å². The Hall–Kier alpha value is -4.63. The van der Waals surface area contributed by atoms with Gasteiger partial charge in [0.2, 0.25) is 0 Å². The van der Waals surface area contributed by atoms with E-state index in [0.717, 1.165) is 72.7 Å². The van der Waals surface area contributed by atoms with Crippen LogP contribution in [0.3, 0.4) is 0 Å². The zero-order chi connectivity index (χ0) is 42.3. The standard InChI is InChI=1S/C22H19BrN4O.C22H20N4O2.Br3P/c1-28-21-9-5-2-6-18(21)15-27-22(24-25-26-27)20-8-4-3-7-19(20)17-12-10-16(14-23)11-13-17;1-28-21-9-5-2-6-18(21)14-26-22(23-24-25-26)20-8-4-3-7-19(20)17-12-10-16(15-27)11-13-17;1-4(2)3/h2-13H,14-15H2,1H3;2-13,27H,14-15H2,1H3;. The predicted octanol–water partition coefficient (Wildman–Crippen LogP) is 11.9. The highest BCUT2D eigenvalue weighted by atomic mass is 80.0. The number of benzene rings is 6. The highest BCUT2D eigenvalue weighted by Crippen LogP contribution is 2.59. The fraction of sp³-hybridized carbons (Fsp3) is 0.136. The fourth-order valence-electron chi connectivity index (χ4n) is 6.42. The molecule has 8 rings (SSSR count). The summed E-state index contributed by atoms with van der Waals surface area (Å²) in [4.78, 5) is 0. The van der Waals surface area contributed by atoms with Gasteiger partial charge in [0, 0.05) is 27.6 Å². The van der Waals surface area contributed by atoms with Crippen LogP contribution in [0.1, 0.15) is 22.3 Å². The molecule has 16 heteroatoms. The SMILES string of the molecule is BrP(Br)Br.COc1ccccc1Cn1nnnc1-c1ccccc1-c1ccc(CBr)cc1.COc1ccccc1Cn1nnnc1-c1ccccc1-c1ccc(CO)cc1. The van der Waals surface area contributed by atoms with Gasteiger partial charge in [-0.15, -0.1) is 10.2 Å². The zero-order valence-electron chi connectivity index (χ0n) is 32.5. The van der Waals surface area contributed by atoms with Crippen molar-refractivity contribution in [3.05, 3.63) is 168 Å². The molecule has 0 fully saturated rings. The topological polar surface area (TPSA) is 126 Å². The van der Waals surface area contributed by atoms with Gasteiger partial charge >= 0.3 is 0 Å². The summed E-state index contributed by atoms with van der Waals surface area (Å²) in [5.74, 6) is 3.04. The molecule has 0 saturated heterocycles. The first-order chi connectivity index (χ1) is 29.3. The highest BCUT2D eigenvalue weighted by molar-refractivity contribution is 9.93. The first-order valence-corrected chi connectivity index (χ1v) is 26.9. The number of hydrogen-bond acceptors (Lipinski definition) is 9. The Labute approximate surface area is 382 Å². The maximum atomic E-state index is 9.28. The Bertz CT molecular complexity index is 2400. The first-order valence-electron chi connectivity index (χ1n) is 18.4. The Kier molecular flexibility index (Phi) is 17.1. The third kappa shape index (κ3) is 11.8. The number of aromatic nitrogens is 8. The van der Waals surface area contributed by atoms with Crippen LogP contribution in [0.5, 0.6) is 11.5 Å². The van der Waals surface area contributed by atoms with E-state index in [2.05, 4.69) is 130 Å². The maximum absolute atomic E-state index is 9.28. The lowest BCUT2D eigenvalue weighted by atomic mass is 9.98. The summed E-state index contributed by atoms with van der Waals surface area (Å²) in [5, 5.41) is 35.0. The molecule has 0 atom stereocenters. The van der Waals surface area contributed by atoms with E-state index < -0.39 is 0 Å². The molecule has 11 nitrogen and oxygen atoms in total. The molecule has 306 valence electrons. The zero-order valence-corrected chi connectivity index (χ0v) is 39.7. The van der Waals surface area contributed by atoms with Gasteiger partial charge in [0.05, 0.1) is 33.9 Å². The van der Waals surface area contributed by atoms with Crippen molar-refractivity contribution in [2.45, 2.75) is 25.0 Å². The van der Waals surface area contributed by atoms with Crippen molar-refractivity contribution in [3.63, 3.8) is 0 Å². The molecule has 0 unspecified atom stereocenters. The molecule has 0 radical (unpaired) electrons. The van der Waals surface area contributed by atoms with Crippen molar-refractivity contribution in [2.75, 3.05) is 14.2 Å². The molecular formula is C44H39Br4N8O3P. The number of hydrogen-bond donors (Lipinski definition) is 1. The molecule has 8 aromatic rings. The summed E-state index contributed by atoms with van der Waals surface area (Å²) in [6.07, 6.45) is 0. The van der Waals surface area contributed by atoms with Gasteiger partial charge in [0.25, 0.3) is 0 Å². The lowest BCUT2D eigenvalue weighted by Crippen LogP contribution is -2.06. The Morgan fingerprint density at radius 3 is 1.27 bits per heavy atom. The molecule has 0 aliphatic heterocycles. The molecule has 0 bridgehead atoms. The monoisotopic (exact) mass is 1070 g/mol. The number of aliphatic hydroxyl groups excluding tert-OH is 1. The summed E-state index contributed by atoms with van der Waals surface area (Å²) in [6, 6.07) is 48.3. The number of tetrazole rings is 2. The van der Waals surface area contributed by atoms with Crippen LogP contribution in [-0.2, 0) is 25.0 Å². The Balaban J connectivity index is 0.000000185. The van der Waals surface area contributed by atoms with Crippen LogP contribution in [0, 0.1) is 0 Å². The molecular weight excluding hydrogens is 1040 g/mol. The lowest BCUT2D eigenvalue weighted by Gasteiger charge is -2.12. The minimum Gasteiger partial charge on any atom is -0.496 e. The van der Waals surface area contributed by atoms with E-state index in [1.165, 1.54) is 5.56 Å². The molecule has 0 aliphatic rings. The van der Waals surface area contributed by atoms with E-state index in [-0.39, 0.29) is 10.6 Å². The van der Waals surface area contributed by atoms with E-state index in [0.29, 0.717) is 18.9 Å². The number of halogens is 4. The predicted molar refractivity (Wildman–Crippen MR) is 254 cm³/mol. The molecule has 60 heavy (non-hydrogen) atoms. The molecule has 6 aromatic carbocycles. The number of aliphatic hydroxyl groups is 1. The van der Waals surface area contributed by atoms with E-state index in [1.807, 2.05) is 114 Å². The number of para-hydroxylation sites is 2. The van der Waals surface area contributed by atoms with E-state index in [1.54, 1.807) is 18.9 Å². The van der Waals surface area contributed by atoms with Gasteiger partial charge in [0.15, 0.2) is 11.6 Å². The highest BCUT2D eigenvalue weighted by Gasteiger charge is 2.17. The summed E-state index contributed by atoms with van der Waals surface area (Å²) < 4.78 is 14.3. The summed E-state index contributed by atoms with van der Waals surface area (Å²) in [5.41, 5.74) is 10.4. The van der Waals surface area contributed by atoms with Crippen LogP contribution in [0.2, 0.25) is 0 Å². The second kappa shape index (κ2) is 22.8. The fourth-order valence-corrected chi connectivity index (χ4v) is 6.79. The van der Waals surface area contributed by atoms with E-state index in [9.17, 15) is 5.11 Å². The second-order valence-electron chi connectivity index (χ2n) is 12.9. The third-order valence-corrected chi connectivity index (χ3v) is 9.94. The van der Waals surface area contributed by atoms with Crippen LogP contribution in [0.15, 0.2) is 146 Å². The largest absolute Gasteiger partial charge is 0.496 e. The van der Waals surface area contributed by atoms with E-state index >= 15 is 0 Å². The van der Waals surface area contributed by atoms with Gasteiger partial charge in [-0.3, -0.25) is 0 Å². The molecule has 1 N–H and O–H groups in total. The van der Waals surface area contributed by atoms with Gasteiger partial charge in [-0.25, -0.2) is 9.36 Å². The minimum absolute atomic E-state index is 0.0269. The molecule has 2 heterocycles. The third-order valence-electron chi connectivity index (χ3n) is 9.29. The number of alkyl halides is 1. The Morgan fingerprint density at radius 2 is 0.883 bits per heavy atom. The quantitative estimate of drug-likeness (QED) is 0.0940. The second-order valence-corrected chi connectivity index (χ2v) is 28.8. The molecule has 0 aliphatic carbocycles. The smallest absolute Gasteiger partial charge is 0.182 e. The molecule has 0 saturated carbocycles. The van der Waals surface area contributed by atoms with Crippen molar-refractivity contribution in [1.29, 1.82) is 0 Å². The average molecular weight is 1080 g/mol. The summed E-state index contributed by atoms with van der Waals surface area (Å²) >= 11 is 13.0. The van der Waals surface area contributed by atoms with Gasteiger partial charge in [-0.1, -0.05) is 149 Å². The lowest BCUT2D eigenvalue weighted by molar-refractivity contribution is 0.282. The van der Waals surface area contributed by atoms with Gasteiger partial charge in [-0.2, -0.15) is 0 Å². The van der Waals surface area contributed by atoms with Crippen molar-refractivity contribution in [1.82, 2.24) is 40.4 Å². The van der Waals surface area contributed by atoms with E-state index in [4.69, 9.17) is 9.47 Å². The maximum Gasteiger partial charge on any atom is 0.182 e. The minimum atomic E-state index is -0.183. The Morgan fingerprint density at radius 1 is 0.517 bits per heavy atom. The normalized spacial score (nSPS) is 10.7. The average Bonchev–Trinajstić information content (AvgIpc) is 3.96. The summed E-state index contributed by atoms with van der Waals surface area (Å²) in [6.45, 7) is 1.06. The molecule has 2 aromatic heterocycles. The number of methoxy groups -OCH3 is 2. The van der Waals surface area contributed by atoms with Crippen molar-refractivity contribution < 1.29 is 14.6 Å².